The zero-order valence-electron chi connectivity index (χ0n) is 19.5. The van der Waals surface area contributed by atoms with Gasteiger partial charge in [-0.3, -0.25) is 9.78 Å². The second-order valence-corrected chi connectivity index (χ2v) is 9.02. The third kappa shape index (κ3) is 5.13. The van der Waals surface area contributed by atoms with Gasteiger partial charge in [-0.05, 0) is 69.7 Å². The van der Waals surface area contributed by atoms with Crippen LogP contribution in [-0.4, -0.2) is 43.1 Å². The van der Waals surface area contributed by atoms with Crippen molar-refractivity contribution < 1.29 is 18.0 Å². The molecule has 34 heavy (non-hydrogen) atoms. The lowest BCUT2D eigenvalue weighted by atomic mass is 9.86. The van der Waals surface area contributed by atoms with Gasteiger partial charge in [0.25, 0.3) is 5.91 Å². The van der Waals surface area contributed by atoms with Crippen LogP contribution in [0.4, 0.5) is 13.2 Å². The first kappa shape index (κ1) is 23.9. The molecule has 3 heterocycles. The van der Waals surface area contributed by atoms with E-state index in [-0.39, 0.29) is 17.9 Å². The highest BCUT2D eigenvalue weighted by Gasteiger charge is 2.34. The maximum atomic E-state index is 13.8. The summed E-state index contributed by atoms with van der Waals surface area (Å²) < 4.78 is 40.1. The van der Waals surface area contributed by atoms with Crippen molar-refractivity contribution in [3.8, 4) is 5.69 Å². The second-order valence-electron chi connectivity index (χ2n) is 9.02. The highest BCUT2D eigenvalue weighted by molar-refractivity contribution is 5.98. The number of pyridine rings is 1. The summed E-state index contributed by atoms with van der Waals surface area (Å²) in [4.78, 5) is 23.9. The van der Waals surface area contributed by atoms with E-state index >= 15 is 0 Å². The van der Waals surface area contributed by atoms with E-state index < -0.39 is 11.7 Å². The molecule has 9 heteroatoms. The number of carbonyl (C=O) groups excluding carboxylic acids is 1. The minimum absolute atomic E-state index is 0.0313. The van der Waals surface area contributed by atoms with Gasteiger partial charge in [-0.15, -0.1) is 0 Å². The number of rotatable bonds is 5. The van der Waals surface area contributed by atoms with Crippen molar-refractivity contribution in [2.24, 2.45) is 5.92 Å². The van der Waals surface area contributed by atoms with Crippen molar-refractivity contribution in [3.05, 3.63) is 71.1 Å². The van der Waals surface area contributed by atoms with E-state index in [1.54, 1.807) is 17.9 Å². The number of amides is 1. The Balaban J connectivity index is 1.57. The number of aryl methyl sites for hydroxylation is 3. The van der Waals surface area contributed by atoms with Crippen LogP contribution in [0.3, 0.4) is 0 Å². The first-order valence-electron chi connectivity index (χ1n) is 11.5. The Morgan fingerprint density at radius 3 is 2.59 bits per heavy atom. The number of nitrogens with zero attached hydrogens (tertiary/aromatic N) is 5. The number of likely N-dealkylation sites (tertiary alicyclic amines) is 1. The van der Waals surface area contributed by atoms with Crippen molar-refractivity contribution in [1.82, 2.24) is 24.6 Å². The van der Waals surface area contributed by atoms with E-state index in [4.69, 9.17) is 0 Å². The molecule has 0 aliphatic carbocycles. The van der Waals surface area contributed by atoms with Crippen LogP contribution in [0.1, 0.15) is 59.2 Å². The van der Waals surface area contributed by atoms with E-state index in [1.165, 1.54) is 6.07 Å². The van der Waals surface area contributed by atoms with Crippen LogP contribution in [0.25, 0.3) is 5.69 Å². The molecular formula is C25H28F3N5O. The van der Waals surface area contributed by atoms with Gasteiger partial charge in [-0.25, -0.2) is 9.67 Å². The smallest absolute Gasteiger partial charge is 0.335 e. The summed E-state index contributed by atoms with van der Waals surface area (Å²) in [5.74, 6) is 0.824. The number of halogens is 3. The first-order chi connectivity index (χ1) is 16.1. The average molecular weight is 472 g/mol. The second kappa shape index (κ2) is 9.56. The zero-order valence-corrected chi connectivity index (χ0v) is 19.5. The fourth-order valence-electron chi connectivity index (χ4n) is 4.61. The van der Waals surface area contributed by atoms with Crippen LogP contribution in [0.5, 0.6) is 0 Å². The van der Waals surface area contributed by atoms with Crippen LogP contribution in [0, 0.1) is 19.8 Å². The molecule has 0 radical (unpaired) electrons. The number of carbonyl (C=O) groups is 1. The molecule has 1 amide bonds. The molecule has 2 aromatic heterocycles. The van der Waals surface area contributed by atoms with Crippen LogP contribution < -0.4 is 0 Å². The maximum absolute atomic E-state index is 13.8. The van der Waals surface area contributed by atoms with E-state index in [0.29, 0.717) is 42.2 Å². The van der Waals surface area contributed by atoms with Gasteiger partial charge in [0.15, 0.2) is 0 Å². The predicted octanol–water partition coefficient (Wildman–Crippen LogP) is 5.17. The Bertz CT molecular complexity index is 1160. The normalized spacial score (nSPS) is 18.8. The molecule has 1 aliphatic rings. The van der Waals surface area contributed by atoms with Crippen molar-refractivity contribution in [2.75, 3.05) is 6.54 Å². The average Bonchev–Trinajstić information content (AvgIpc) is 3.23. The van der Waals surface area contributed by atoms with Gasteiger partial charge in [-0.2, -0.15) is 18.3 Å². The minimum Gasteiger partial charge on any atom is -0.335 e. The molecule has 3 aromatic rings. The Morgan fingerprint density at radius 1 is 1.15 bits per heavy atom. The molecule has 1 fully saturated rings. The predicted molar refractivity (Wildman–Crippen MR) is 122 cm³/mol. The van der Waals surface area contributed by atoms with Crippen molar-refractivity contribution in [2.45, 2.75) is 58.7 Å². The zero-order chi connectivity index (χ0) is 24.5. The molecule has 1 aliphatic heterocycles. The largest absolute Gasteiger partial charge is 0.417 e. The third-order valence-electron chi connectivity index (χ3n) is 6.46. The molecule has 0 bridgehead atoms. The number of aromatic nitrogens is 4. The van der Waals surface area contributed by atoms with Gasteiger partial charge in [0.05, 0.1) is 16.8 Å². The Labute approximate surface area is 196 Å². The number of benzene rings is 1. The SMILES string of the molecule is Cc1ccc(-n2cnc(C)n2)c(C(=O)N2CCC[C@@H](C)[C@H]2CCc2ccc(C(F)(F)F)cn2)c1. The van der Waals surface area contributed by atoms with Crippen LogP contribution in [-0.2, 0) is 12.6 Å². The third-order valence-corrected chi connectivity index (χ3v) is 6.46. The Kier molecular flexibility index (Phi) is 6.72. The maximum Gasteiger partial charge on any atom is 0.417 e. The molecule has 0 saturated carbocycles. The number of hydrogen-bond acceptors (Lipinski definition) is 4. The quantitative estimate of drug-likeness (QED) is 0.515. The lowest BCUT2D eigenvalue weighted by molar-refractivity contribution is -0.137. The van der Waals surface area contributed by atoms with Gasteiger partial charge < -0.3 is 4.90 Å². The van der Waals surface area contributed by atoms with E-state index in [9.17, 15) is 18.0 Å². The minimum atomic E-state index is -4.40. The first-order valence-corrected chi connectivity index (χ1v) is 11.5. The molecule has 0 unspecified atom stereocenters. The van der Waals surface area contributed by atoms with Crippen LogP contribution in [0.2, 0.25) is 0 Å². The van der Waals surface area contributed by atoms with Gasteiger partial charge in [0.2, 0.25) is 0 Å². The summed E-state index contributed by atoms with van der Waals surface area (Å²) in [5.41, 5.74) is 2.05. The molecule has 6 nitrogen and oxygen atoms in total. The summed E-state index contributed by atoms with van der Waals surface area (Å²) in [6.07, 6.45) is 1.11. The van der Waals surface area contributed by atoms with Crippen molar-refractivity contribution in [3.63, 3.8) is 0 Å². The van der Waals surface area contributed by atoms with E-state index in [2.05, 4.69) is 22.0 Å². The fraction of sp³-hybridized carbons (Fsp3) is 0.440. The van der Waals surface area contributed by atoms with E-state index in [1.807, 2.05) is 30.0 Å². The van der Waals surface area contributed by atoms with Crippen molar-refractivity contribution in [1.29, 1.82) is 0 Å². The summed E-state index contributed by atoms with van der Waals surface area (Å²) >= 11 is 0. The molecule has 1 saturated heterocycles. The summed E-state index contributed by atoms with van der Waals surface area (Å²) in [6.45, 7) is 6.50. The van der Waals surface area contributed by atoms with Gasteiger partial charge in [0.1, 0.15) is 12.2 Å². The number of alkyl halides is 3. The van der Waals surface area contributed by atoms with Crippen LogP contribution in [0.15, 0.2) is 42.9 Å². The molecule has 4 rings (SSSR count). The lowest BCUT2D eigenvalue weighted by Gasteiger charge is -2.40. The number of piperidine rings is 1. The van der Waals surface area contributed by atoms with Gasteiger partial charge >= 0.3 is 6.18 Å². The number of hydrogen-bond donors (Lipinski definition) is 0. The monoisotopic (exact) mass is 471 g/mol. The highest BCUT2D eigenvalue weighted by Crippen LogP contribution is 2.31. The summed E-state index contributed by atoms with van der Waals surface area (Å²) in [5, 5.41) is 4.38. The molecule has 2 atom stereocenters. The van der Waals surface area contributed by atoms with E-state index in [0.717, 1.165) is 30.7 Å². The summed E-state index contributed by atoms with van der Waals surface area (Å²) in [7, 11) is 0. The van der Waals surface area contributed by atoms with Crippen LogP contribution >= 0.6 is 0 Å². The lowest BCUT2D eigenvalue weighted by Crippen LogP contribution is -2.48. The molecular weight excluding hydrogens is 443 g/mol. The van der Waals surface area contributed by atoms with Gasteiger partial charge in [-0.1, -0.05) is 18.6 Å². The fourth-order valence-corrected chi connectivity index (χ4v) is 4.61. The Hall–Kier alpha value is -3.23. The topological polar surface area (TPSA) is 63.9 Å². The highest BCUT2D eigenvalue weighted by atomic mass is 19.4. The standard InChI is InChI=1S/C25H28F3N5O/c1-16-6-10-23(33-15-30-18(3)31-33)21(13-16)24(34)32-12-4-5-17(2)22(32)11-9-20-8-7-19(14-29-20)25(26,27)28/h6-8,10,13-15,17,22H,4-5,9,11-12H2,1-3H3/t17-,22-/m1/s1. The van der Waals surface area contributed by atoms with Gasteiger partial charge in [0, 0.05) is 24.5 Å². The summed E-state index contributed by atoms with van der Waals surface area (Å²) in [6, 6.07) is 8.16. The molecule has 0 N–H and O–H groups in total. The molecule has 0 spiro atoms. The molecule has 1 aromatic carbocycles. The molecule has 180 valence electrons. The van der Waals surface area contributed by atoms with Crippen molar-refractivity contribution >= 4 is 5.91 Å². The Morgan fingerprint density at radius 2 is 1.94 bits per heavy atom.